The number of hydrogen-bond acceptors (Lipinski definition) is 3. The van der Waals surface area contributed by atoms with Crippen molar-refractivity contribution in [3.8, 4) is 6.07 Å². The molecule has 4 nitrogen and oxygen atoms in total. The van der Waals surface area contributed by atoms with E-state index in [1.807, 2.05) is 6.07 Å². The molecule has 0 N–H and O–H groups in total. The Labute approximate surface area is 84.5 Å². The Hall–Kier alpha value is -0.890. The van der Waals surface area contributed by atoms with Gasteiger partial charge in [-0.2, -0.15) is 9.62 Å². The number of hydrogen-bond donors (Lipinski definition) is 0. The van der Waals surface area contributed by atoms with Gasteiger partial charge in [-0.05, 0) is 0 Å². The van der Waals surface area contributed by atoms with Crippen molar-refractivity contribution in [1.82, 2.24) is 0 Å². The second kappa shape index (κ2) is 3.35. The van der Waals surface area contributed by atoms with E-state index in [1.165, 1.54) is 0 Å². The summed E-state index contributed by atoms with van der Waals surface area (Å²) in [4.78, 5) is 11.4. The van der Waals surface area contributed by atoms with Crippen LogP contribution in [0.15, 0.2) is 4.36 Å². The third kappa shape index (κ3) is 2.32. The molecular weight excluding hydrogens is 200 g/mol. The fourth-order valence-corrected chi connectivity index (χ4v) is 3.05. The van der Waals surface area contributed by atoms with Crippen molar-refractivity contribution < 1.29 is 9.00 Å². The van der Waals surface area contributed by atoms with Crippen LogP contribution in [0.5, 0.6) is 0 Å². The molecule has 1 amide bonds. The molecule has 0 saturated carbocycles. The fourth-order valence-electron chi connectivity index (χ4n) is 1.02. The number of carbonyl (C=O) groups is 1. The quantitative estimate of drug-likeness (QED) is 0.608. The van der Waals surface area contributed by atoms with Crippen LogP contribution < -0.4 is 0 Å². The van der Waals surface area contributed by atoms with E-state index in [2.05, 4.69) is 4.36 Å². The molecule has 5 heteroatoms. The highest BCUT2D eigenvalue weighted by atomic mass is 32.2. The van der Waals surface area contributed by atoms with E-state index in [0.29, 0.717) is 0 Å². The maximum absolute atomic E-state index is 11.7. The van der Waals surface area contributed by atoms with Gasteiger partial charge < -0.3 is 0 Å². The van der Waals surface area contributed by atoms with Crippen molar-refractivity contribution in [2.24, 2.45) is 15.7 Å². The predicted octanol–water partition coefficient (Wildman–Crippen LogP) is 1.18. The second-order valence-corrected chi connectivity index (χ2v) is 6.97. The summed E-state index contributed by atoms with van der Waals surface area (Å²) in [6, 6.07) is 2.02. The summed E-state index contributed by atoms with van der Waals surface area (Å²) < 4.78 is 15.5. The van der Waals surface area contributed by atoms with Crippen LogP contribution in [-0.2, 0) is 14.5 Å². The minimum Gasteiger partial charge on any atom is -0.271 e. The van der Waals surface area contributed by atoms with Gasteiger partial charge in [0, 0.05) is 16.9 Å². The van der Waals surface area contributed by atoms with Crippen LogP contribution in [0, 0.1) is 22.7 Å². The molecule has 1 rings (SSSR count). The van der Waals surface area contributed by atoms with Gasteiger partial charge in [0.15, 0.2) is 0 Å². The van der Waals surface area contributed by atoms with Gasteiger partial charge in [-0.1, -0.05) is 20.8 Å². The Morgan fingerprint density at radius 2 is 2.00 bits per heavy atom. The molecule has 78 valence electrons. The van der Waals surface area contributed by atoms with Crippen molar-refractivity contribution >= 4 is 15.6 Å². The molecular formula is C9H14N2O2S. The first-order valence-corrected chi connectivity index (χ1v) is 6.29. The van der Waals surface area contributed by atoms with Gasteiger partial charge in [-0.25, -0.2) is 4.21 Å². The second-order valence-electron chi connectivity index (χ2n) is 4.58. The lowest BCUT2D eigenvalue weighted by Gasteiger charge is -2.24. The largest absolute Gasteiger partial charge is 0.271 e. The highest BCUT2D eigenvalue weighted by Crippen LogP contribution is 2.23. The van der Waals surface area contributed by atoms with E-state index >= 15 is 0 Å². The lowest BCUT2D eigenvalue weighted by molar-refractivity contribution is -0.124. The van der Waals surface area contributed by atoms with Gasteiger partial charge in [-0.3, -0.25) is 4.79 Å². The topological polar surface area (TPSA) is 70.3 Å². The molecule has 0 aromatic heterocycles. The van der Waals surface area contributed by atoms with E-state index in [1.54, 1.807) is 20.8 Å². The summed E-state index contributed by atoms with van der Waals surface area (Å²) in [7, 11) is -2.38. The van der Waals surface area contributed by atoms with Gasteiger partial charge in [-0.15, -0.1) is 0 Å². The summed E-state index contributed by atoms with van der Waals surface area (Å²) in [5.41, 5.74) is -0.581. The molecule has 0 radical (unpaired) electrons. The smallest absolute Gasteiger partial charge is 0.259 e. The van der Waals surface area contributed by atoms with Gasteiger partial charge in [0.05, 0.1) is 21.7 Å². The van der Waals surface area contributed by atoms with Crippen LogP contribution in [0.2, 0.25) is 0 Å². The average Bonchev–Trinajstić information content (AvgIpc) is 1.97. The van der Waals surface area contributed by atoms with Crippen molar-refractivity contribution in [2.45, 2.75) is 20.8 Å². The van der Waals surface area contributed by atoms with Crippen molar-refractivity contribution in [1.29, 1.82) is 5.26 Å². The van der Waals surface area contributed by atoms with Crippen LogP contribution in [0.1, 0.15) is 20.8 Å². The zero-order valence-electron chi connectivity index (χ0n) is 8.61. The van der Waals surface area contributed by atoms with Crippen LogP contribution in [-0.4, -0.2) is 21.6 Å². The molecule has 0 aliphatic carbocycles. The first-order chi connectivity index (χ1) is 6.27. The summed E-state index contributed by atoms with van der Waals surface area (Å²) in [5, 5.41) is 8.51. The summed E-state index contributed by atoms with van der Waals surface area (Å²) in [5.74, 6) is -0.00527. The summed E-state index contributed by atoms with van der Waals surface area (Å²) in [6.45, 7) is 5.21. The maximum Gasteiger partial charge on any atom is 0.259 e. The lowest BCUT2D eigenvalue weighted by Crippen LogP contribution is -2.36. The minimum absolute atomic E-state index is 0.181. The zero-order valence-corrected chi connectivity index (χ0v) is 9.43. The van der Waals surface area contributed by atoms with Crippen LogP contribution in [0.4, 0.5) is 0 Å². The Balaban J connectivity index is 2.79. The Morgan fingerprint density at radius 1 is 1.50 bits per heavy atom. The molecule has 1 fully saturated rings. The highest BCUT2D eigenvalue weighted by Gasteiger charge is 2.34. The van der Waals surface area contributed by atoms with Gasteiger partial charge >= 0.3 is 0 Å². The van der Waals surface area contributed by atoms with E-state index in [4.69, 9.17) is 5.26 Å². The number of rotatable bonds is 0. The zero-order chi connectivity index (χ0) is 11.0. The molecule has 1 aliphatic heterocycles. The standard InChI is InChI=1S/C9H14N2O2S/c1-9(2,3)8(12)11-14(13)5-7(4-10)6-14/h7H,5-6H2,1-3H3. The monoisotopic (exact) mass is 214 g/mol. The molecule has 0 aromatic rings. The average molecular weight is 214 g/mol. The predicted molar refractivity (Wildman–Crippen MR) is 53.9 cm³/mol. The van der Waals surface area contributed by atoms with Crippen molar-refractivity contribution in [3.63, 3.8) is 0 Å². The molecule has 14 heavy (non-hydrogen) atoms. The minimum atomic E-state index is -2.38. The molecule has 0 atom stereocenters. The van der Waals surface area contributed by atoms with Crippen LogP contribution in [0.3, 0.4) is 0 Å². The molecule has 0 spiro atoms. The summed E-state index contributed by atoms with van der Waals surface area (Å²) >= 11 is 0. The highest BCUT2D eigenvalue weighted by molar-refractivity contribution is 7.95. The third-order valence-corrected chi connectivity index (χ3v) is 4.34. The number of amides is 1. The normalized spacial score (nSPS) is 31.4. The van der Waals surface area contributed by atoms with Gasteiger partial charge in [0.2, 0.25) is 0 Å². The molecule has 0 unspecified atom stereocenters. The van der Waals surface area contributed by atoms with E-state index in [0.717, 1.165) is 0 Å². The van der Waals surface area contributed by atoms with Gasteiger partial charge in [0.1, 0.15) is 0 Å². The molecule has 1 saturated heterocycles. The Kier molecular flexibility index (Phi) is 2.68. The fraction of sp³-hybridized carbons (Fsp3) is 0.778. The number of nitrogens with zero attached hydrogens (tertiary/aromatic N) is 2. The Bertz CT molecular complexity index is 394. The van der Waals surface area contributed by atoms with E-state index < -0.39 is 15.1 Å². The van der Waals surface area contributed by atoms with Gasteiger partial charge in [0.25, 0.3) is 5.91 Å². The molecule has 0 aromatic carbocycles. The lowest BCUT2D eigenvalue weighted by atomic mass is 9.96. The van der Waals surface area contributed by atoms with Crippen molar-refractivity contribution in [2.75, 3.05) is 11.5 Å². The van der Waals surface area contributed by atoms with Crippen LogP contribution in [0.25, 0.3) is 0 Å². The van der Waals surface area contributed by atoms with E-state index in [9.17, 15) is 9.00 Å². The summed E-state index contributed by atoms with van der Waals surface area (Å²) in [6.07, 6.45) is 0. The van der Waals surface area contributed by atoms with Crippen molar-refractivity contribution in [3.05, 3.63) is 0 Å². The van der Waals surface area contributed by atoms with Crippen LogP contribution >= 0.6 is 0 Å². The third-order valence-electron chi connectivity index (χ3n) is 2.00. The Morgan fingerprint density at radius 3 is 2.36 bits per heavy atom. The molecule has 1 heterocycles. The molecule has 0 bridgehead atoms. The SMILES string of the molecule is CC(C)(C)C(=O)N=S1(=O)CC(C#N)C1. The first-order valence-electron chi connectivity index (χ1n) is 4.43. The molecule has 1 aliphatic rings. The maximum atomic E-state index is 11.7. The van der Waals surface area contributed by atoms with E-state index in [-0.39, 0.29) is 23.3 Å². The number of carbonyl (C=O) groups excluding carboxylic acids is 1. The number of nitriles is 1. The first kappa shape index (κ1) is 11.2.